The smallest absolute Gasteiger partial charge is 0.106 e. The van der Waals surface area contributed by atoms with Gasteiger partial charge in [0.15, 0.2) is 0 Å². The zero-order chi connectivity index (χ0) is 9.80. The lowest BCUT2D eigenvalue weighted by Gasteiger charge is -2.12. The van der Waals surface area contributed by atoms with E-state index in [1.54, 1.807) is 6.26 Å². The van der Waals surface area contributed by atoms with Gasteiger partial charge in [0.25, 0.3) is 0 Å². The van der Waals surface area contributed by atoms with Gasteiger partial charge >= 0.3 is 0 Å². The van der Waals surface area contributed by atoms with E-state index in [-0.39, 0.29) is 6.10 Å². The van der Waals surface area contributed by atoms with Gasteiger partial charge in [0.05, 0.1) is 12.4 Å². The van der Waals surface area contributed by atoms with E-state index in [1.165, 1.54) is 0 Å². The normalized spacial score (nSPS) is 23.9. The number of ether oxygens (including phenoxy) is 1. The molecule has 0 radical (unpaired) electrons. The summed E-state index contributed by atoms with van der Waals surface area (Å²) in [5.74, 6) is 1.39. The Kier molecular flexibility index (Phi) is 3.22. The Hall–Kier alpha value is -0.800. The Bertz CT molecular complexity index is 250. The molecule has 0 spiro atoms. The summed E-state index contributed by atoms with van der Waals surface area (Å²) in [5, 5.41) is 9.77. The van der Waals surface area contributed by atoms with Gasteiger partial charge in [-0.15, -0.1) is 0 Å². The van der Waals surface area contributed by atoms with Crippen LogP contribution in [0.2, 0.25) is 0 Å². The van der Waals surface area contributed by atoms with Gasteiger partial charge in [0.2, 0.25) is 0 Å². The summed E-state index contributed by atoms with van der Waals surface area (Å²) in [5.41, 5.74) is 0. The summed E-state index contributed by atoms with van der Waals surface area (Å²) < 4.78 is 10.4. The molecule has 1 fully saturated rings. The summed E-state index contributed by atoms with van der Waals surface area (Å²) in [6.45, 7) is 1.65. The first-order valence-electron chi connectivity index (χ1n) is 5.13. The Morgan fingerprint density at radius 2 is 2.50 bits per heavy atom. The fourth-order valence-electron chi connectivity index (χ4n) is 1.90. The molecule has 2 atom stereocenters. The molecule has 3 nitrogen and oxygen atoms in total. The molecule has 3 heteroatoms. The van der Waals surface area contributed by atoms with E-state index < -0.39 is 0 Å². The molecule has 0 aliphatic carbocycles. The van der Waals surface area contributed by atoms with Crippen LogP contribution < -0.4 is 0 Å². The van der Waals surface area contributed by atoms with Crippen LogP contribution in [0.1, 0.15) is 18.6 Å². The molecule has 0 saturated carbocycles. The van der Waals surface area contributed by atoms with Crippen molar-refractivity contribution in [3.05, 3.63) is 24.2 Å². The standard InChI is InChI=1S/C11H16O3/c12-10(6-9-3-5-13-8-9)7-11-2-1-4-14-11/h1-2,4,9-10,12H,3,5-8H2. The molecule has 2 unspecified atom stereocenters. The average Bonchev–Trinajstić information content (AvgIpc) is 2.76. The van der Waals surface area contributed by atoms with E-state index in [1.807, 2.05) is 12.1 Å². The Labute approximate surface area is 83.7 Å². The van der Waals surface area contributed by atoms with Gasteiger partial charge in [-0.2, -0.15) is 0 Å². The predicted molar refractivity (Wildman–Crippen MR) is 52.0 cm³/mol. The zero-order valence-corrected chi connectivity index (χ0v) is 8.19. The van der Waals surface area contributed by atoms with E-state index in [0.29, 0.717) is 12.3 Å². The van der Waals surface area contributed by atoms with Gasteiger partial charge in [-0.25, -0.2) is 0 Å². The van der Waals surface area contributed by atoms with Crippen LogP contribution >= 0.6 is 0 Å². The molecule has 1 aromatic rings. The van der Waals surface area contributed by atoms with Crippen LogP contribution in [0.5, 0.6) is 0 Å². The maximum absolute atomic E-state index is 9.77. The van der Waals surface area contributed by atoms with Crippen molar-refractivity contribution in [2.24, 2.45) is 5.92 Å². The van der Waals surface area contributed by atoms with Gasteiger partial charge < -0.3 is 14.3 Å². The van der Waals surface area contributed by atoms with Crippen molar-refractivity contribution in [3.8, 4) is 0 Å². The Morgan fingerprint density at radius 3 is 3.14 bits per heavy atom. The van der Waals surface area contributed by atoms with Crippen LogP contribution in [-0.4, -0.2) is 24.4 Å². The third-order valence-electron chi connectivity index (χ3n) is 2.65. The highest BCUT2D eigenvalue weighted by molar-refractivity contribution is 4.99. The first-order valence-corrected chi connectivity index (χ1v) is 5.13. The fraction of sp³-hybridized carbons (Fsp3) is 0.636. The monoisotopic (exact) mass is 196 g/mol. The molecule has 1 N–H and O–H groups in total. The number of aliphatic hydroxyl groups is 1. The number of hydrogen-bond acceptors (Lipinski definition) is 3. The third kappa shape index (κ3) is 2.59. The quantitative estimate of drug-likeness (QED) is 0.795. The SMILES string of the molecule is OC(Cc1ccco1)CC1CCOC1. The topological polar surface area (TPSA) is 42.6 Å². The maximum atomic E-state index is 9.77. The van der Waals surface area contributed by atoms with Crippen molar-refractivity contribution in [2.45, 2.75) is 25.4 Å². The summed E-state index contributed by atoms with van der Waals surface area (Å²) in [4.78, 5) is 0. The van der Waals surface area contributed by atoms with Crippen molar-refractivity contribution in [3.63, 3.8) is 0 Å². The van der Waals surface area contributed by atoms with Gasteiger partial charge in [0, 0.05) is 19.6 Å². The van der Waals surface area contributed by atoms with Gasteiger partial charge in [-0.3, -0.25) is 0 Å². The summed E-state index contributed by atoms with van der Waals surface area (Å²) in [6.07, 6.45) is 3.85. The predicted octanol–water partition coefficient (Wildman–Crippen LogP) is 1.61. The second-order valence-electron chi connectivity index (χ2n) is 3.90. The molecule has 78 valence electrons. The highest BCUT2D eigenvalue weighted by Gasteiger charge is 2.19. The van der Waals surface area contributed by atoms with Crippen molar-refractivity contribution in [1.29, 1.82) is 0 Å². The molecule has 0 bridgehead atoms. The highest BCUT2D eigenvalue weighted by atomic mass is 16.5. The van der Waals surface area contributed by atoms with E-state index in [4.69, 9.17) is 9.15 Å². The Balaban J connectivity index is 1.75. The van der Waals surface area contributed by atoms with Gasteiger partial charge in [-0.1, -0.05) is 0 Å². The van der Waals surface area contributed by atoms with Crippen LogP contribution in [0.3, 0.4) is 0 Å². The van der Waals surface area contributed by atoms with E-state index in [2.05, 4.69) is 0 Å². The van der Waals surface area contributed by atoms with Gasteiger partial charge in [-0.05, 0) is 30.9 Å². The third-order valence-corrected chi connectivity index (χ3v) is 2.65. The lowest BCUT2D eigenvalue weighted by Crippen LogP contribution is -2.16. The van der Waals surface area contributed by atoms with Crippen molar-refractivity contribution < 1.29 is 14.3 Å². The molecule has 2 heterocycles. The number of furan rings is 1. The minimum absolute atomic E-state index is 0.298. The first kappa shape index (κ1) is 9.74. The van der Waals surface area contributed by atoms with Crippen LogP contribution in [0, 0.1) is 5.92 Å². The van der Waals surface area contributed by atoms with Crippen molar-refractivity contribution in [2.75, 3.05) is 13.2 Å². The van der Waals surface area contributed by atoms with Gasteiger partial charge in [0.1, 0.15) is 5.76 Å². The molecule has 1 saturated heterocycles. The second-order valence-corrected chi connectivity index (χ2v) is 3.90. The number of aliphatic hydroxyl groups excluding tert-OH is 1. The zero-order valence-electron chi connectivity index (χ0n) is 8.19. The molecule has 1 aromatic heterocycles. The second kappa shape index (κ2) is 4.62. The maximum Gasteiger partial charge on any atom is 0.106 e. The van der Waals surface area contributed by atoms with Crippen LogP contribution in [-0.2, 0) is 11.2 Å². The van der Waals surface area contributed by atoms with E-state index in [9.17, 15) is 5.11 Å². The Morgan fingerprint density at radius 1 is 1.57 bits per heavy atom. The summed E-state index contributed by atoms with van der Waals surface area (Å²) >= 11 is 0. The summed E-state index contributed by atoms with van der Waals surface area (Å²) in [6, 6.07) is 3.75. The fourth-order valence-corrected chi connectivity index (χ4v) is 1.90. The molecular formula is C11H16O3. The summed E-state index contributed by atoms with van der Waals surface area (Å²) in [7, 11) is 0. The minimum atomic E-state index is -0.298. The highest BCUT2D eigenvalue weighted by Crippen LogP contribution is 2.19. The van der Waals surface area contributed by atoms with Crippen molar-refractivity contribution in [1.82, 2.24) is 0 Å². The lowest BCUT2D eigenvalue weighted by molar-refractivity contribution is 0.124. The minimum Gasteiger partial charge on any atom is -0.469 e. The molecule has 1 aliphatic rings. The molecular weight excluding hydrogens is 180 g/mol. The van der Waals surface area contributed by atoms with Crippen LogP contribution in [0.15, 0.2) is 22.8 Å². The number of hydrogen-bond donors (Lipinski definition) is 1. The first-order chi connectivity index (χ1) is 6.84. The molecule has 0 aromatic carbocycles. The lowest BCUT2D eigenvalue weighted by atomic mass is 9.99. The number of rotatable bonds is 4. The molecule has 14 heavy (non-hydrogen) atoms. The molecule has 2 rings (SSSR count). The largest absolute Gasteiger partial charge is 0.469 e. The van der Waals surface area contributed by atoms with E-state index in [0.717, 1.165) is 31.8 Å². The average molecular weight is 196 g/mol. The molecule has 1 aliphatic heterocycles. The van der Waals surface area contributed by atoms with E-state index >= 15 is 0 Å². The van der Waals surface area contributed by atoms with Crippen LogP contribution in [0.4, 0.5) is 0 Å². The van der Waals surface area contributed by atoms with Crippen LogP contribution in [0.25, 0.3) is 0 Å². The van der Waals surface area contributed by atoms with Crippen molar-refractivity contribution >= 4 is 0 Å². The molecule has 0 amide bonds.